The summed E-state index contributed by atoms with van der Waals surface area (Å²) < 4.78 is 0. The first-order valence-corrected chi connectivity index (χ1v) is 7.00. The topological polar surface area (TPSA) is 62.5 Å². The van der Waals surface area contributed by atoms with Crippen LogP contribution in [0.15, 0.2) is 24.3 Å². The molecule has 0 unspecified atom stereocenters. The molecule has 0 bridgehead atoms. The first kappa shape index (κ1) is 14.3. The highest BCUT2D eigenvalue weighted by Gasteiger charge is 2.21. The maximum Gasteiger partial charge on any atom is 0.272 e. The molecule has 0 aliphatic rings. The Morgan fingerprint density at radius 3 is 2.55 bits per heavy atom. The van der Waals surface area contributed by atoms with Gasteiger partial charge in [0.2, 0.25) is 0 Å². The number of nitrogens with two attached hydrogens (primary N) is 1. The maximum absolute atomic E-state index is 12.5. The number of hydrogen-bond donors (Lipinski definition) is 1. The van der Waals surface area contributed by atoms with E-state index in [-0.39, 0.29) is 11.7 Å². The van der Waals surface area contributed by atoms with Gasteiger partial charge in [0, 0.05) is 26.8 Å². The van der Waals surface area contributed by atoms with Crippen LogP contribution in [0.2, 0.25) is 0 Å². The number of rotatable bonds is 3. The van der Waals surface area contributed by atoms with Crippen LogP contribution in [0, 0.1) is 6.92 Å². The average Bonchev–Trinajstić information content (AvgIpc) is 2.79. The Labute approximate surface area is 122 Å². The van der Waals surface area contributed by atoms with Gasteiger partial charge in [0.15, 0.2) is 5.13 Å². The van der Waals surface area contributed by atoms with Gasteiger partial charge in [-0.3, -0.25) is 4.79 Å². The SMILES string of the molecule is Cc1cccc(N(C)C(=O)c2sc(N(C)C)nc2N)c1. The summed E-state index contributed by atoms with van der Waals surface area (Å²) in [5.74, 6) is 0.141. The zero-order chi connectivity index (χ0) is 14.9. The van der Waals surface area contributed by atoms with Crippen LogP contribution in [0.1, 0.15) is 15.2 Å². The molecule has 2 N–H and O–H groups in total. The molecular formula is C14H18N4OS. The summed E-state index contributed by atoms with van der Waals surface area (Å²) in [6, 6.07) is 7.78. The summed E-state index contributed by atoms with van der Waals surface area (Å²) in [7, 11) is 5.49. The lowest BCUT2D eigenvalue weighted by molar-refractivity contribution is 0.0997. The largest absolute Gasteiger partial charge is 0.382 e. The van der Waals surface area contributed by atoms with Crippen molar-refractivity contribution in [3.63, 3.8) is 0 Å². The van der Waals surface area contributed by atoms with Crippen LogP contribution in [0.4, 0.5) is 16.6 Å². The van der Waals surface area contributed by atoms with Gasteiger partial charge in [-0.2, -0.15) is 0 Å². The Morgan fingerprint density at radius 1 is 1.30 bits per heavy atom. The summed E-state index contributed by atoms with van der Waals surface area (Å²) in [6.45, 7) is 1.99. The number of aromatic nitrogens is 1. The second-order valence-corrected chi connectivity index (χ2v) is 5.79. The van der Waals surface area contributed by atoms with E-state index in [2.05, 4.69) is 4.98 Å². The van der Waals surface area contributed by atoms with Crippen LogP contribution < -0.4 is 15.5 Å². The van der Waals surface area contributed by atoms with Crippen molar-refractivity contribution in [1.82, 2.24) is 4.98 Å². The molecule has 0 atom stereocenters. The van der Waals surface area contributed by atoms with Gasteiger partial charge in [-0.1, -0.05) is 23.5 Å². The first-order valence-electron chi connectivity index (χ1n) is 6.18. The molecular weight excluding hydrogens is 272 g/mol. The van der Waals surface area contributed by atoms with E-state index in [0.717, 1.165) is 16.4 Å². The molecule has 20 heavy (non-hydrogen) atoms. The van der Waals surface area contributed by atoms with E-state index in [1.165, 1.54) is 11.3 Å². The molecule has 1 aromatic carbocycles. The van der Waals surface area contributed by atoms with Crippen molar-refractivity contribution in [2.24, 2.45) is 0 Å². The fourth-order valence-electron chi connectivity index (χ4n) is 1.77. The molecule has 1 aromatic heterocycles. The van der Waals surface area contributed by atoms with Gasteiger partial charge in [-0.15, -0.1) is 0 Å². The van der Waals surface area contributed by atoms with Crippen LogP contribution in [0.3, 0.4) is 0 Å². The summed E-state index contributed by atoms with van der Waals surface area (Å²) in [5.41, 5.74) is 7.80. The lowest BCUT2D eigenvalue weighted by atomic mass is 10.2. The first-order chi connectivity index (χ1) is 9.40. The van der Waals surface area contributed by atoms with Gasteiger partial charge in [-0.05, 0) is 24.6 Å². The van der Waals surface area contributed by atoms with Crippen LogP contribution >= 0.6 is 11.3 Å². The molecule has 0 spiro atoms. The second-order valence-electron chi connectivity index (χ2n) is 4.81. The van der Waals surface area contributed by atoms with Crippen molar-refractivity contribution in [1.29, 1.82) is 0 Å². The number of nitrogens with zero attached hydrogens (tertiary/aromatic N) is 3. The van der Waals surface area contributed by atoms with Gasteiger partial charge in [0.05, 0.1) is 0 Å². The van der Waals surface area contributed by atoms with Gasteiger partial charge in [-0.25, -0.2) is 4.98 Å². The fourth-order valence-corrected chi connectivity index (χ4v) is 2.65. The van der Waals surface area contributed by atoms with E-state index in [1.54, 1.807) is 11.9 Å². The van der Waals surface area contributed by atoms with Gasteiger partial charge >= 0.3 is 0 Å². The van der Waals surface area contributed by atoms with Crippen molar-refractivity contribution < 1.29 is 4.79 Å². The predicted molar refractivity (Wildman–Crippen MR) is 84.8 cm³/mol. The van der Waals surface area contributed by atoms with Gasteiger partial charge in [0.1, 0.15) is 10.7 Å². The molecule has 0 fully saturated rings. The van der Waals surface area contributed by atoms with E-state index in [9.17, 15) is 4.79 Å². The minimum absolute atomic E-state index is 0.140. The van der Waals surface area contributed by atoms with Crippen molar-refractivity contribution in [2.45, 2.75) is 6.92 Å². The molecule has 0 aliphatic heterocycles. The van der Waals surface area contributed by atoms with E-state index >= 15 is 0 Å². The molecule has 0 radical (unpaired) electrons. The minimum atomic E-state index is -0.140. The molecule has 1 amide bonds. The van der Waals surface area contributed by atoms with Crippen LogP contribution in [0.5, 0.6) is 0 Å². The average molecular weight is 290 g/mol. The molecule has 106 valence electrons. The summed E-state index contributed by atoms with van der Waals surface area (Å²) in [6.07, 6.45) is 0. The molecule has 0 saturated carbocycles. The van der Waals surface area contributed by atoms with Crippen molar-refractivity contribution >= 4 is 33.9 Å². The molecule has 2 rings (SSSR count). The quantitative estimate of drug-likeness (QED) is 0.942. The van der Waals surface area contributed by atoms with Crippen LogP contribution in [-0.4, -0.2) is 32.0 Å². The fraction of sp³-hybridized carbons (Fsp3) is 0.286. The number of benzene rings is 1. The third-order valence-corrected chi connectivity index (χ3v) is 4.14. The smallest absolute Gasteiger partial charge is 0.272 e. The Bertz CT molecular complexity index is 636. The molecule has 5 nitrogen and oxygen atoms in total. The Kier molecular flexibility index (Phi) is 3.94. The number of amides is 1. The highest BCUT2D eigenvalue weighted by molar-refractivity contribution is 7.18. The number of carbonyl (C=O) groups excluding carboxylic acids is 1. The van der Waals surface area contributed by atoms with Crippen LogP contribution in [-0.2, 0) is 0 Å². The monoisotopic (exact) mass is 290 g/mol. The molecule has 1 heterocycles. The summed E-state index contributed by atoms with van der Waals surface area (Å²) >= 11 is 1.30. The normalized spacial score (nSPS) is 10.4. The number of nitrogen functional groups attached to an aromatic ring is 1. The van der Waals surface area contributed by atoms with Gasteiger partial charge < -0.3 is 15.5 Å². The predicted octanol–water partition coefficient (Wildman–Crippen LogP) is 2.38. The van der Waals surface area contributed by atoms with Crippen molar-refractivity contribution in [2.75, 3.05) is 36.7 Å². The second kappa shape index (κ2) is 5.50. The van der Waals surface area contributed by atoms with E-state index in [0.29, 0.717) is 4.88 Å². The highest BCUT2D eigenvalue weighted by Crippen LogP contribution is 2.29. The van der Waals surface area contributed by atoms with E-state index < -0.39 is 0 Å². The maximum atomic E-state index is 12.5. The number of carbonyl (C=O) groups is 1. The minimum Gasteiger partial charge on any atom is -0.382 e. The molecule has 2 aromatic rings. The Balaban J connectivity index is 2.31. The number of aryl methyl sites for hydroxylation is 1. The van der Waals surface area contributed by atoms with E-state index in [4.69, 9.17) is 5.73 Å². The molecule has 0 saturated heterocycles. The Morgan fingerprint density at radius 2 is 2.00 bits per heavy atom. The third-order valence-electron chi connectivity index (χ3n) is 2.91. The van der Waals surface area contributed by atoms with Crippen LogP contribution in [0.25, 0.3) is 0 Å². The lowest BCUT2D eigenvalue weighted by Gasteiger charge is -2.17. The number of thiazole rings is 1. The summed E-state index contributed by atoms with van der Waals surface area (Å²) in [4.78, 5) is 20.6. The Hall–Kier alpha value is -2.08. The zero-order valence-electron chi connectivity index (χ0n) is 12.0. The zero-order valence-corrected chi connectivity index (χ0v) is 12.9. The number of anilines is 3. The summed E-state index contributed by atoms with van der Waals surface area (Å²) in [5, 5.41) is 0.725. The van der Waals surface area contributed by atoms with E-state index in [1.807, 2.05) is 50.2 Å². The highest BCUT2D eigenvalue weighted by atomic mass is 32.1. The lowest BCUT2D eigenvalue weighted by Crippen LogP contribution is -2.26. The third kappa shape index (κ3) is 2.75. The number of hydrogen-bond acceptors (Lipinski definition) is 5. The van der Waals surface area contributed by atoms with Gasteiger partial charge in [0.25, 0.3) is 5.91 Å². The van der Waals surface area contributed by atoms with Crippen molar-refractivity contribution in [3.05, 3.63) is 34.7 Å². The standard InChI is InChI=1S/C14H18N4OS/c1-9-6-5-7-10(8-9)18(4)13(19)11-12(15)16-14(20-11)17(2)3/h5-8H,15H2,1-4H3. The van der Waals surface area contributed by atoms with Crippen molar-refractivity contribution in [3.8, 4) is 0 Å². The molecule has 6 heteroatoms. The molecule has 0 aliphatic carbocycles.